The van der Waals surface area contributed by atoms with E-state index in [1.807, 2.05) is 25.1 Å². The number of hydrogen-bond donors (Lipinski definition) is 2. The third kappa shape index (κ3) is 5.40. The molecular formula is C29H32FN3O3S. The highest BCUT2D eigenvalue weighted by Gasteiger charge is 2.18. The number of benzene rings is 2. The van der Waals surface area contributed by atoms with Crippen molar-refractivity contribution in [2.45, 2.75) is 37.5 Å². The second kappa shape index (κ2) is 11.0. The van der Waals surface area contributed by atoms with Crippen molar-refractivity contribution in [3.63, 3.8) is 0 Å². The van der Waals surface area contributed by atoms with Gasteiger partial charge in [-0.25, -0.2) is 4.39 Å². The Hall–Kier alpha value is -3.23. The molecule has 0 spiro atoms. The molecule has 1 aliphatic heterocycles. The molecule has 0 radical (unpaired) electrons. The zero-order chi connectivity index (χ0) is 25.9. The van der Waals surface area contributed by atoms with E-state index in [9.17, 15) is 9.00 Å². The molecule has 0 aliphatic carbocycles. The summed E-state index contributed by atoms with van der Waals surface area (Å²) in [5.74, 6) is 1.30. The fourth-order valence-corrected chi connectivity index (χ4v) is 5.85. The second-order valence-corrected chi connectivity index (χ2v) is 11.4. The van der Waals surface area contributed by atoms with E-state index in [0.29, 0.717) is 33.4 Å². The SMILES string of the molecule is CCS(=O)c1ccc(Oc2ccc(CCC3CCNCC3)cc2F)c(-c2cn(C)c(=O)c3[nH]ccc23)c1. The maximum Gasteiger partial charge on any atom is 0.274 e. The molecular weight excluding hydrogens is 489 g/mol. The van der Waals surface area contributed by atoms with Gasteiger partial charge in [-0.3, -0.25) is 9.00 Å². The number of halogens is 1. The number of nitrogens with one attached hydrogen (secondary N) is 2. The number of hydrogen-bond acceptors (Lipinski definition) is 4. The molecule has 1 atom stereocenters. The van der Waals surface area contributed by atoms with Crippen molar-refractivity contribution >= 4 is 21.7 Å². The molecule has 4 aromatic rings. The third-order valence-electron chi connectivity index (χ3n) is 7.18. The lowest BCUT2D eigenvalue weighted by atomic mass is 9.91. The van der Waals surface area contributed by atoms with Crippen molar-refractivity contribution in [1.82, 2.24) is 14.9 Å². The van der Waals surface area contributed by atoms with Gasteiger partial charge in [-0.05, 0) is 86.7 Å². The highest BCUT2D eigenvalue weighted by molar-refractivity contribution is 7.85. The maximum atomic E-state index is 15.2. The van der Waals surface area contributed by atoms with Crippen LogP contribution in [0.5, 0.6) is 11.5 Å². The van der Waals surface area contributed by atoms with Crippen LogP contribution in [0.15, 0.2) is 64.5 Å². The first-order chi connectivity index (χ1) is 17.9. The summed E-state index contributed by atoms with van der Waals surface area (Å²) in [6, 6.07) is 12.3. The van der Waals surface area contributed by atoms with Crippen LogP contribution < -0.4 is 15.6 Å². The van der Waals surface area contributed by atoms with Crippen LogP contribution in [0, 0.1) is 11.7 Å². The summed E-state index contributed by atoms with van der Waals surface area (Å²) in [6.45, 7) is 3.98. The first-order valence-electron chi connectivity index (χ1n) is 12.8. The number of aromatic amines is 1. The predicted octanol–water partition coefficient (Wildman–Crippen LogP) is 5.52. The summed E-state index contributed by atoms with van der Waals surface area (Å²) >= 11 is 0. The van der Waals surface area contributed by atoms with Crippen molar-refractivity contribution in [2.75, 3.05) is 18.8 Å². The van der Waals surface area contributed by atoms with Gasteiger partial charge in [-0.15, -0.1) is 0 Å². The average Bonchev–Trinajstić information content (AvgIpc) is 3.42. The monoisotopic (exact) mass is 521 g/mol. The van der Waals surface area contributed by atoms with E-state index >= 15 is 4.39 Å². The van der Waals surface area contributed by atoms with E-state index in [1.165, 1.54) is 17.4 Å². The molecule has 8 heteroatoms. The van der Waals surface area contributed by atoms with Gasteiger partial charge in [0.15, 0.2) is 11.6 Å². The quantitative estimate of drug-likeness (QED) is 0.320. The number of fused-ring (bicyclic) bond motifs is 1. The Balaban J connectivity index is 1.48. The summed E-state index contributed by atoms with van der Waals surface area (Å²) in [7, 11) is 0.498. The number of rotatable bonds is 8. The number of H-pyrrole nitrogens is 1. The van der Waals surface area contributed by atoms with E-state index < -0.39 is 16.6 Å². The Morgan fingerprint density at radius 1 is 1.08 bits per heavy atom. The molecule has 1 saturated heterocycles. The van der Waals surface area contributed by atoms with Crippen LogP contribution in [0.1, 0.15) is 31.7 Å². The number of ether oxygens (including phenoxy) is 1. The fraction of sp³-hybridized carbons (Fsp3) is 0.345. The average molecular weight is 522 g/mol. The molecule has 2 aromatic heterocycles. The Morgan fingerprint density at radius 3 is 2.62 bits per heavy atom. The molecule has 0 bridgehead atoms. The molecule has 2 aromatic carbocycles. The van der Waals surface area contributed by atoms with Crippen molar-refractivity contribution in [3.8, 4) is 22.6 Å². The van der Waals surface area contributed by atoms with Crippen molar-refractivity contribution in [1.29, 1.82) is 0 Å². The van der Waals surface area contributed by atoms with Crippen LogP contribution in [0.2, 0.25) is 0 Å². The molecule has 0 amide bonds. The lowest BCUT2D eigenvalue weighted by molar-refractivity contribution is 0.354. The molecule has 3 heterocycles. The van der Waals surface area contributed by atoms with Gasteiger partial charge >= 0.3 is 0 Å². The van der Waals surface area contributed by atoms with Gasteiger partial charge < -0.3 is 19.6 Å². The van der Waals surface area contributed by atoms with Crippen LogP contribution in [0.3, 0.4) is 0 Å². The van der Waals surface area contributed by atoms with Gasteiger partial charge in [0.2, 0.25) is 0 Å². The first-order valence-corrected chi connectivity index (χ1v) is 14.1. The Bertz CT molecular complexity index is 1500. The Morgan fingerprint density at radius 2 is 1.86 bits per heavy atom. The summed E-state index contributed by atoms with van der Waals surface area (Å²) in [5.41, 5.74) is 2.67. The zero-order valence-electron chi connectivity index (χ0n) is 21.2. The summed E-state index contributed by atoms with van der Waals surface area (Å²) in [6.07, 6.45) is 7.69. The number of pyridine rings is 1. The number of piperidine rings is 1. The fourth-order valence-electron chi connectivity index (χ4n) is 5.04. The van der Waals surface area contributed by atoms with Crippen molar-refractivity contribution < 1.29 is 13.3 Å². The standard InChI is InChI=1S/C29H32FN3O3S/c1-3-37(35)21-7-9-26(23(17-21)24-18-33(2)29(34)28-22(24)12-15-32-28)36-27-8-6-20(16-25(27)30)5-4-19-10-13-31-14-11-19/h6-9,12,15-19,31-32H,3-5,10-11,13-14H2,1-2H3. The van der Waals surface area contributed by atoms with E-state index in [4.69, 9.17) is 4.74 Å². The number of aromatic nitrogens is 2. The summed E-state index contributed by atoms with van der Waals surface area (Å²) < 4.78 is 35.4. The minimum Gasteiger partial charge on any atom is -0.454 e. The largest absolute Gasteiger partial charge is 0.454 e. The first kappa shape index (κ1) is 25.4. The number of aryl methyl sites for hydroxylation is 2. The van der Waals surface area contributed by atoms with E-state index in [0.717, 1.165) is 42.4 Å². The van der Waals surface area contributed by atoms with E-state index in [-0.39, 0.29) is 11.3 Å². The van der Waals surface area contributed by atoms with Crippen molar-refractivity contribution in [2.24, 2.45) is 13.0 Å². The summed E-state index contributed by atoms with van der Waals surface area (Å²) in [4.78, 5) is 16.3. The minimum atomic E-state index is -1.19. The second-order valence-electron chi connectivity index (χ2n) is 9.62. The van der Waals surface area contributed by atoms with Gasteiger partial charge in [0.1, 0.15) is 11.3 Å². The van der Waals surface area contributed by atoms with Gasteiger partial charge in [0.25, 0.3) is 5.56 Å². The Kier molecular flexibility index (Phi) is 7.58. The van der Waals surface area contributed by atoms with Gasteiger partial charge in [0, 0.05) is 46.6 Å². The lowest BCUT2D eigenvalue weighted by Gasteiger charge is -2.22. The minimum absolute atomic E-state index is 0.131. The third-order valence-corrected chi connectivity index (χ3v) is 8.48. The maximum absolute atomic E-state index is 15.2. The van der Waals surface area contributed by atoms with Crippen molar-refractivity contribution in [3.05, 3.63) is 76.6 Å². The molecule has 0 saturated carbocycles. The van der Waals surface area contributed by atoms with Crippen LogP contribution in [-0.4, -0.2) is 32.6 Å². The van der Waals surface area contributed by atoms with Gasteiger partial charge in [-0.1, -0.05) is 13.0 Å². The topological polar surface area (TPSA) is 76.1 Å². The Labute approximate surface area is 218 Å². The molecule has 194 valence electrons. The highest BCUT2D eigenvalue weighted by atomic mass is 32.2. The summed E-state index contributed by atoms with van der Waals surface area (Å²) in [5, 5.41) is 4.11. The van der Waals surface area contributed by atoms with Gasteiger partial charge in [0.05, 0.1) is 10.8 Å². The normalized spacial score (nSPS) is 15.2. The van der Waals surface area contributed by atoms with Crippen LogP contribution in [0.25, 0.3) is 22.0 Å². The molecule has 37 heavy (non-hydrogen) atoms. The molecule has 6 nitrogen and oxygen atoms in total. The molecule has 1 unspecified atom stereocenters. The van der Waals surface area contributed by atoms with E-state index in [1.54, 1.807) is 43.7 Å². The molecule has 1 aliphatic rings. The smallest absolute Gasteiger partial charge is 0.274 e. The predicted molar refractivity (Wildman–Crippen MR) is 146 cm³/mol. The zero-order valence-corrected chi connectivity index (χ0v) is 22.0. The lowest BCUT2D eigenvalue weighted by Crippen LogP contribution is -2.27. The van der Waals surface area contributed by atoms with Crippen LogP contribution in [-0.2, 0) is 24.3 Å². The molecule has 1 fully saturated rings. The highest BCUT2D eigenvalue weighted by Crippen LogP contribution is 2.38. The molecule has 5 rings (SSSR count). The van der Waals surface area contributed by atoms with Gasteiger partial charge in [-0.2, -0.15) is 0 Å². The van der Waals surface area contributed by atoms with E-state index in [2.05, 4.69) is 10.3 Å². The number of nitrogens with zero attached hydrogens (tertiary/aromatic N) is 1. The molecule has 2 N–H and O–H groups in total. The van der Waals surface area contributed by atoms with Crippen LogP contribution in [0.4, 0.5) is 4.39 Å². The van der Waals surface area contributed by atoms with Crippen LogP contribution >= 0.6 is 0 Å².